The van der Waals surface area contributed by atoms with Crippen LogP contribution in [0.5, 0.6) is 5.75 Å². The third-order valence-electron chi connectivity index (χ3n) is 3.78. The fourth-order valence-corrected chi connectivity index (χ4v) is 2.83. The molecule has 2 rings (SSSR count). The van der Waals surface area contributed by atoms with Gasteiger partial charge in [-0.3, -0.25) is 0 Å². The number of rotatable bonds is 6. The topological polar surface area (TPSA) is 30.5 Å². The predicted molar refractivity (Wildman–Crippen MR) is 82.6 cm³/mol. The van der Waals surface area contributed by atoms with Crippen LogP contribution in [0.15, 0.2) is 18.2 Å². The van der Waals surface area contributed by atoms with Gasteiger partial charge in [0.25, 0.3) is 0 Å². The lowest BCUT2D eigenvalue weighted by Gasteiger charge is -2.22. The van der Waals surface area contributed by atoms with Gasteiger partial charge in [-0.1, -0.05) is 24.6 Å². The molecule has 0 bridgehead atoms. The molecule has 1 saturated heterocycles. The Balaban J connectivity index is 1.91. The first kappa shape index (κ1) is 15.6. The molecule has 0 amide bonds. The fraction of sp³-hybridized carbons (Fsp3) is 0.625. The normalized spacial score (nSPS) is 17.9. The molecule has 0 radical (unpaired) electrons. The van der Waals surface area contributed by atoms with E-state index >= 15 is 0 Å². The van der Waals surface area contributed by atoms with E-state index in [9.17, 15) is 0 Å². The maximum Gasteiger partial charge on any atom is 0.120 e. The third kappa shape index (κ3) is 4.37. The minimum Gasteiger partial charge on any atom is -0.493 e. The average Bonchev–Trinajstić information content (AvgIpc) is 2.46. The quantitative estimate of drug-likeness (QED) is 0.866. The average molecular weight is 298 g/mol. The Bertz CT molecular complexity index is 419. The minimum absolute atomic E-state index is 0.261. The van der Waals surface area contributed by atoms with E-state index in [0.717, 1.165) is 55.5 Å². The number of hydrogen-bond donors (Lipinski definition) is 1. The van der Waals surface area contributed by atoms with Crippen molar-refractivity contribution < 1.29 is 9.47 Å². The van der Waals surface area contributed by atoms with Gasteiger partial charge in [0.2, 0.25) is 0 Å². The van der Waals surface area contributed by atoms with E-state index in [4.69, 9.17) is 21.1 Å². The Morgan fingerprint density at radius 2 is 2.15 bits per heavy atom. The number of nitrogens with one attached hydrogen (secondary N) is 1. The second-order valence-electron chi connectivity index (χ2n) is 5.33. The summed E-state index contributed by atoms with van der Waals surface area (Å²) in [4.78, 5) is 0. The highest BCUT2D eigenvalue weighted by Gasteiger charge is 2.15. The molecule has 1 fully saturated rings. The zero-order valence-electron chi connectivity index (χ0n) is 12.3. The molecule has 1 atom stereocenters. The standard InChI is InChI=1S/C16H24ClNO2/c1-3-18-12(2)15-5-4-14(10-16(15)17)20-11-13-6-8-19-9-7-13/h4-5,10,12-13,18H,3,6-9,11H2,1-2H3. The lowest BCUT2D eigenvalue weighted by molar-refractivity contribution is 0.0497. The van der Waals surface area contributed by atoms with Crippen LogP contribution in [0.2, 0.25) is 5.02 Å². The lowest BCUT2D eigenvalue weighted by Crippen LogP contribution is -2.21. The van der Waals surface area contributed by atoms with Crippen LogP contribution in [-0.4, -0.2) is 26.4 Å². The van der Waals surface area contributed by atoms with Crippen LogP contribution in [0.1, 0.15) is 38.3 Å². The zero-order chi connectivity index (χ0) is 14.4. The van der Waals surface area contributed by atoms with E-state index in [1.54, 1.807) is 0 Å². The van der Waals surface area contributed by atoms with E-state index in [-0.39, 0.29) is 6.04 Å². The number of ether oxygens (including phenoxy) is 2. The van der Waals surface area contributed by atoms with Gasteiger partial charge in [0, 0.05) is 24.3 Å². The number of hydrogen-bond acceptors (Lipinski definition) is 3. The van der Waals surface area contributed by atoms with Crippen molar-refractivity contribution in [2.24, 2.45) is 5.92 Å². The molecule has 112 valence electrons. The Labute approximate surface area is 126 Å². The van der Waals surface area contributed by atoms with Crippen LogP contribution >= 0.6 is 11.6 Å². The van der Waals surface area contributed by atoms with Crippen molar-refractivity contribution in [1.29, 1.82) is 0 Å². The molecule has 1 aromatic carbocycles. The summed E-state index contributed by atoms with van der Waals surface area (Å²) in [6.07, 6.45) is 2.17. The Kier molecular flexibility index (Phi) is 6.14. The predicted octanol–water partition coefficient (Wildman–Crippen LogP) is 3.82. The van der Waals surface area contributed by atoms with Gasteiger partial charge in [0.05, 0.1) is 6.61 Å². The molecular weight excluding hydrogens is 274 g/mol. The van der Waals surface area contributed by atoms with Crippen LogP contribution in [-0.2, 0) is 4.74 Å². The van der Waals surface area contributed by atoms with Crippen molar-refractivity contribution in [3.05, 3.63) is 28.8 Å². The van der Waals surface area contributed by atoms with E-state index in [1.165, 1.54) is 0 Å². The van der Waals surface area contributed by atoms with Crippen molar-refractivity contribution >= 4 is 11.6 Å². The lowest BCUT2D eigenvalue weighted by atomic mass is 10.0. The monoisotopic (exact) mass is 297 g/mol. The Hall–Kier alpha value is -0.770. The molecule has 20 heavy (non-hydrogen) atoms. The van der Waals surface area contributed by atoms with Gasteiger partial charge in [-0.2, -0.15) is 0 Å². The van der Waals surface area contributed by atoms with Crippen LogP contribution in [0.25, 0.3) is 0 Å². The summed E-state index contributed by atoms with van der Waals surface area (Å²) in [6.45, 7) is 7.60. The van der Waals surface area contributed by atoms with Crippen molar-refractivity contribution in [3.8, 4) is 5.75 Å². The summed E-state index contributed by atoms with van der Waals surface area (Å²) in [7, 11) is 0. The summed E-state index contributed by atoms with van der Waals surface area (Å²) in [6, 6.07) is 6.24. The largest absolute Gasteiger partial charge is 0.493 e. The highest BCUT2D eigenvalue weighted by Crippen LogP contribution is 2.28. The summed E-state index contributed by atoms with van der Waals surface area (Å²) >= 11 is 6.34. The van der Waals surface area contributed by atoms with Gasteiger partial charge >= 0.3 is 0 Å². The van der Waals surface area contributed by atoms with Gasteiger partial charge in [0.15, 0.2) is 0 Å². The SMILES string of the molecule is CCNC(C)c1ccc(OCC2CCOCC2)cc1Cl. The zero-order valence-corrected chi connectivity index (χ0v) is 13.1. The van der Waals surface area contributed by atoms with Crippen LogP contribution in [0, 0.1) is 5.92 Å². The minimum atomic E-state index is 0.261. The van der Waals surface area contributed by atoms with Gasteiger partial charge in [-0.05, 0) is 49.9 Å². The van der Waals surface area contributed by atoms with Crippen molar-refractivity contribution in [2.45, 2.75) is 32.7 Å². The molecule has 0 aliphatic carbocycles. The molecule has 0 spiro atoms. The summed E-state index contributed by atoms with van der Waals surface area (Å²) in [5.74, 6) is 1.46. The second-order valence-corrected chi connectivity index (χ2v) is 5.74. The summed E-state index contributed by atoms with van der Waals surface area (Å²) < 4.78 is 11.2. The Morgan fingerprint density at radius 1 is 1.40 bits per heavy atom. The van der Waals surface area contributed by atoms with Gasteiger partial charge in [-0.25, -0.2) is 0 Å². The third-order valence-corrected chi connectivity index (χ3v) is 4.10. The van der Waals surface area contributed by atoms with Crippen molar-refractivity contribution in [1.82, 2.24) is 5.32 Å². The fourth-order valence-electron chi connectivity index (χ4n) is 2.49. The molecule has 1 aromatic rings. The van der Waals surface area contributed by atoms with E-state index in [0.29, 0.717) is 5.92 Å². The Morgan fingerprint density at radius 3 is 2.80 bits per heavy atom. The van der Waals surface area contributed by atoms with Crippen LogP contribution < -0.4 is 10.1 Å². The molecule has 1 N–H and O–H groups in total. The molecule has 1 aliphatic heterocycles. The maximum atomic E-state index is 6.34. The summed E-state index contributed by atoms with van der Waals surface area (Å²) in [5.41, 5.74) is 1.12. The molecule has 3 nitrogen and oxygen atoms in total. The second kappa shape index (κ2) is 7.87. The highest BCUT2D eigenvalue weighted by atomic mass is 35.5. The molecule has 1 aliphatic rings. The molecule has 1 unspecified atom stereocenters. The summed E-state index contributed by atoms with van der Waals surface area (Å²) in [5, 5.41) is 4.13. The van der Waals surface area contributed by atoms with Gasteiger partial charge in [-0.15, -0.1) is 0 Å². The van der Waals surface area contributed by atoms with Crippen molar-refractivity contribution in [3.63, 3.8) is 0 Å². The molecule has 0 saturated carbocycles. The first-order chi connectivity index (χ1) is 9.70. The van der Waals surface area contributed by atoms with E-state index in [2.05, 4.69) is 25.2 Å². The molecular formula is C16H24ClNO2. The molecule has 0 aromatic heterocycles. The molecule has 1 heterocycles. The van der Waals surface area contributed by atoms with Gasteiger partial charge in [0.1, 0.15) is 5.75 Å². The van der Waals surface area contributed by atoms with E-state index in [1.807, 2.05) is 12.1 Å². The highest BCUT2D eigenvalue weighted by molar-refractivity contribution is 6.31. The number of benzene rings is 1. The van der Waals surface area contributed by atoms with Gasteiger partial charge < -0.3 is 14.8 Å². The van der Waals surface area contributed by atoms with Crippen LogP contribution in [0.3, 0.4) is 0 Å². The maximum absolute atomic E-state index is 6.34. The van der Waals surface area contributed by atoms with Crippen molar-refractivity contribution in [2.75, 3.05) is 26.4 Å². The molecule has 4 heteroatoms. The first-order valence-electron chi connectivity index (χ1n) is 7.44. The smallest absolute Gasteiger partial charge is 0.120 e. The first-order valence-corrected chi connectivity index (χ1v) is 7.82. The van der Waals surface area contributed by atoms with E-state index < -0.39 is 0 Å². The van der Waals surface area contributed by atoms with Crippen LogP contribution in [0.4, 0.5) is 0 Å². The number of halogens is 1.